The SMILES string of the molecule is NS(=O)(=O)c1cc(Cl)cc(C(=O)NC2CC=CC2)c1. The van der Waals surface area contributed by atoms with Gasteiger partial charge in [0.25, 0.3) is 5.91 Å². The molecule has 1 amide bonds. The minimum Gasteiger partial charge on any atom is -0.349 e. The number of carbonyl (C=O) groups is 1. The molecule has 0 fully saturated rings. The maximum Gasteiger partial charge on any atom is 0.251 e. The summed E-state index contributed by atoms with van der Waals surface area (Å²) in [5.74, 6) is -0.360. The second-order valence-corrected chi connectivity index (χ2v) is 6.33. The van der Waals surface area contributed by atoms with Crippen LogP contribution in [0.1, 0.15) is 23.2 Å². The Bertz CT molecular complexity index is 632. The first kappa shape index (κ1) is 14.0. The van der Waals surface area contributed by atoms with Crippen LogP contribution in [0.5, 0.6) is 0 Å². The number of primary sulfonamides is 1. The molecule has 1 aromatic carbocycles. The summed E-state index contributed by atoms with van der Waals surface area (Å²) >= 11 is 5.80. The molecule has 0 saturated heterocycles. The molecule has 7 heteroatoms. The molecular weight excluding hydrogens is 288 g/mol. The van der Waals surface area contributed by atoms with Crippen LogP contribution in [0.25, 0.3) is 0 Å². The van der Waals surface area contributed by atoms with E-state index in [1.165, 1.54) is 18.2 Å². The van der Waals surface area contributed by atoms with Gasteiger partial charge in [0, 0.05) is 16.6 Å². The van der Waals surface area contributed by atoms with E-state index in [9.17, 15) is 13.2 Å². The maximum atomic E-state index is 12.0. The van der Waals surface area contributed by atoms with Gasteiger partial charge in [0.05, 0.1) is 4.90 Å². The van der Waals surface area contributed by atoms with Crippen molar-refractivity contribution in [3.05, 3.63) is 40.9 Å². The van der Waals surface area contributed by atoms with Gasteiger partial charge >= 0.3 is 0 Å². The van der Waals surface area contributed by atoms with Crippen molar-refractivity contribution in [3.8, 4) is 0 Å². The van der Waals surface area contributed by atoms with Crippen LogP contribution < -0.4 is 10.5 Å². The second-order valence-electron chi connectivity index (χ2n) is 4.33. The van der Waals surface area contributed by atoms with Gasteiger partial charge in [-0.15, -0.1) is 0 Å². The van der Waals surface area contributed by atoms with Gasteiger partial charge in [0.15, 0.2) is 0 Å². The summed E-state index contributed by atoms with van der Waals surface area (Å²) in [5, 5.41) is 7.99. The first-order valence-electron chi connectivity index (χ1n) is 5.65. The van der Waals surface area contributed by atoms with E-state index in [-0.39, 0.29) is 27.4 Å². The van der Waals surface area contributed by atoms with E-state index in [2.05, 4.69) is 5.32 Å². The van der Waals surface area contributed by atoms with Crippen molar-refractivity contribution >= 4 is 27.5 Å². The predicted molar refractivity (Wildman–Crippen MR) is 72.5 cm³/mol. The lowest BCUT2D eigenvalue weighted by Crippen LogP contribution is -2.33. The average molecular weight is 301 g/mol. The lowest BCUT2D eigenvalue weighted by molar-refractivity contribution is 0.0938. The summed E-state index contributed by atoms with van der Waals surface area (Å²) < 4.78 is 22.6. The summed E-state index contributed by atoms with van der Waals surface area (Å²) in [5.41, 5.74) is 0.184. The molecule has 0 aliphatic heterocycles. The molecule has 1 aliphatic rings. The molecule has 19 heavy (non-hydrogen) atoms. The molecule has 3 N–H and O–H groups in total. The smallest absolute Gasteiger partial charge is 0.251 e. The van der Waals surface area contributed by atoms with E-state index in [1.807, 2.05) is 12.2 Å². The van der Waals surface area contributed by atoms with Crippen molar-refractivity contribution in [1.82, 2.24) is 5.32 Å². The molecule has 0 radical (unpaired) electrons. The fourth-order valence-corrected chi connectivity index (χ4v) is 2.74. The quantitative estimate of drug-likeness (QED) is 0.828. The summed E-state index contributed by atoms with van der Waals surface area (Å²) in [6.07, 6.45) is 5.51. The number of carbonyl (C=O) groups excluding carboxylic acids is 1. The largest absolute Gasteiger partial charge is 0.349 e. The van der Waals surface area contributed by atoms with Crippen LogP contribution in [0.15, 0.2) is 35.2 Å². The molecule has 0 spiro atoms. The Hall–Kier alpha value is -1.37. The molecule has 0 heterocycles. The van der Waals surface area contributed by atoms with Gasteiger partial charge in [-0.3, -0.25) is 4.79 Å². The molecule has 5 nitrogen and oxygen atoms in total. The number of halogens is 1. The molecule has 102 valence electrons. The number of rotatable bonds is 3. The van der Waals surface area contributed by atoms with Crippen molar-refractivity contribution in [3.63, 3.8) is 0 Å². The summed E-state index contributed by atoms with van der Waals surface area (Å²) in [7, 11) is -3.89. The highest BCUT2D eigenvalue weighted by Crippen LogP contribution is 2.19. The van der Waals surface area contributed by atoms with E-state index in [0.29, 0.717) is 0 Å². The third kappa shape index (κ3) is 3.56. The Balaban J connectivity index is 2.24. The lowest BCUT2D eigenvalue weighted by Gasteiger charge is -2.12. The highest BCUT2D eigenvalue weighted by molar-refractivity contribution is 7.89. The van der Waals surface area contributed by atoms with Gasteiger partial charge < -0.3 is 5.32 Å². The predicted octanol–water partition coefficient (Wildman–Crippen LogP) is 1.44. The Morgan fingerprint density at radius 3 is 2.47 bits per heavy atom. The van der Waals surface area contributed by atoms with Gasteiger partial charge in [0.2, 0.25) is 10.0 Å². The number of sulfonamides is 1. The molecule has 0 unspecified atom stereocenters. The molecule has 0 aromatic heterocycles. The Kier molecular flexibility index (Phi) is 3.93. The zero-order valence-electron chi connectivity index (χ0n) is 9.97. The highest BCUT2D eigenvalue weighted by atomic mass is 35.5. The molecular formula is C12H13ClN2O3S. The summed E-state index contributed by atoms with van der Waals surface area (Å²) in [6, 6.07) is 3.89. The number of amides is 1. The molecule has 0 bridgehead atoms. The van der Waals surface area contributed by atoms with Crippen LogP contribution in [0, 0.1) is 0 Å². The monoisotopic (exact) mass is 300 g/mol. The maximum absolute atomic E-state index is 12.0. The number of hydrogen-bond acceptors (Lipinski definition) is 3. The molecule has 0 atom stereocenters. The van der Waals surface area contributed by atoms with Crippen molar-refractivity contribution in [2.45, 2.75) is 23.8 Å². The van der Waals surface area contributed by atoms with Crippen molar-refractivity contribution in [2.75, 3.05) is 0 Å². The second kappa shape index (κ2) is 5.32. The van der Waals surface area contributed by atoms with Gasteiger partial charge in [-0.2, -0.15) is 0 Å². The topological polar surface area (TPSA) is 89.3 Å². The number of nitrogens with one attached hydrogen (secondary N) is 1. The van der Waals surface area contributed by atoms with E-state index in [4.69, 9.17) is 16.7 Å². The number of hydrogen-bond donors (Lipinski definition) is 2. The zero-order valence-corrected chi connectivity index (χ0v) is 11.5. The van der Waals surface area contributed by atoms with Crippen LogP contribution in [0.3, 0.4) is 0 Å². The molecule has 1 aromatic rings. The van der Waals surface area contributed by atoms with Crippen LogP contribution in [0.2, 0.25) is 5.02 Å². The lowest BCUT2D eigenvalue weighted by atomic mass is 10.1. The first-order valence-corrected chi connectivity index (χ1v) is 7.58. The standard InChI is InChI=1S/C12H13ClN2O3S/c13-9-5-8(6-11(7-9)19(14,17)18)12(16)15-10-3-1-2-4-10/h1-2,5-7,10H,3-4H2,(H,15,16)(H2,14,17,18). The van der Waals surface area contributed by atoms with Crippen molar-refractivity contribution in [1.29, 1.82) is 0 Å². The molecule has 2 rings (SSSR count). The average Bonchev–Trinajstić information content (AvgIpc) is 2.79. The minimum absolute atomic E-state index is 0.0458. The minimum atomic E-state index is -3.89. The molecule has 0 saturated carbocycles. The van der Waals surface area contributed by atoms with Gasteiger partial charge in [-0.25, -0.2) is 13.6 Å². The van der Waals surface area contributed by atoms with Gasteiger partial charge in [-0.1, -0.05) is 23.8 Å². The van der Waals surface area contributed by atoms with E-state index >= 15 is 0 Å². The van der Waals surface area contributed by atoms with E-state index in [1.54, 1.807) is 0 Å². The number of benzene rings is 1. The van der Waals surface area contributed by atoms with E-state index in [0.717, 1.165) is 12.8 Å². The third-order valence-electron chi connectivity index (χ3n) is 2.81. The summed E-state index contributed by atoms with van der Waals surface area (Å²) in [6.45, 7) is 0. The summed E-state index contributed by atoms with van der Waals surface area (Å²) in [4.78, 5) is 11.8. The van der Waals surface area contributed by atoms with Crippen molar-refractivity contribution in [2.24, 2.45) is 5.14 Å². The van der Waals surface area contributed by atoms with Gasteiger partial charge in [-0.05, 0) is 31.0 Å². The fraction of sp³-hybridized carbons (Fsp3) is 0.250. The fourth-order valence-electron chi connectivity index (χ4n) is 1.86. The van der Waals surface area contributed by atoms with Crippen LogP contribution in [0.4, 0.5) is 0 Å². The zero-order chi connectivity index (χ0) is 14.0. The molecule has 1 aliphatic carbocycles. The van der Waals surface area contributed by atoms with Crippen LogP contribution in [-0.4, -0.2) is 20.4 Å². The Morgan fingerprint density at radius 2 is 1.89 bits per heavy atom. The third-order valence-corrected chi connectivity index (χ3v) is 3.92. The van der Waals surface area contributed by atoms with Gasteiger partial charge in [0.1, 0.15) is 0 Å². The van der Waals surface area contributed by atoms with E-state index < -0.39 is 10.0 Å². The Labute approximate surface area is 116 Å². The Morgan fingerprint density at radius 1 is 1.26 bits per heavy atom. The first-order chi connectivity index (χ1) is 8.86. The number of nitrogens with two attached hydrogens (primary N) is 1. The van der Waals surface area contributed by atoms with Crippen molar-refractivity contribution < 1.29 is 13.2 Å². The highest BCUT2D eigenvalue weighted by Gasteiger charge is 2.17. The van der Waals surface area contributed by atoms with Crippen LogP contribution >= 0.6 is 11.6 Å². The van der Waals surface area contributed by atoms with Crippen LogP contribution in [-0.2, 0) is 10.0 Å². The normalized spacial score (nSPS) is 15.7.